The fraction of sp³-hybridized carbons (Fsp3) is 0.500. The average Bonchev–Trinajstić information content (AvgIpc) is 2.91. The lowest BCUT2D eigenvalue weighted by atomic mass is 9.84. The standard InChI is InChI=1S/C20H25N3O6/c1-12(2)13(3)21-16(24)11-29-17(25)10-23-18(26)20(22-19(23)27)8-9-28-15-7-5-4-6-14(15)20/h4-7,12-13H,8-11H2,1-3H3,(H,21,24)(H,22,27)/t13-,20+/m1/s1. The zero-order valence-electron chi connectivity index (χ0n) is 16.7. The van der Waals surface area contributed by atoms with Gasteiger partial charge in [0.15, 0.2) is 12.1 Å². The second kappa shape index (κ2) is 8.10. The van der Waals surface area contributed by atoms with Gasteiger partial charge >= 0.3 is 12.0 Å². The normalized spacial score (nSPS) is 21.4. The van der Waals surface area contributed by atoms with E-state index in [-0.39, 0.29) is 25.0 Å². The lowest BCUT2D eigenvalue weighted by molar-refractivity contribution is -0.151. The van der Waals surface area contributed by atoms with E-state index in [2.05, 4.69) is 10.6 Å². The highest BCUT2D eigenvalue weighted by Crippen LogP contribution is 2.40. The van der Waals surface area contributed by atoms with Gasteiger partial charge in [0.05, 0.1) is 6.61 Å². The van der Waals surface area contributed by atoms with E-state index in [1.54, 1.807) is 24.3 Å². The highest BCUT2D eigenvalue weighted by Gasteiger charge is 2.55. The van der Waals surface area contributed by atoms with E-state index in [1.165, 1.54) is 0 Å². The highest BCUT2D eigenvalue weighted by atomic mass is 16.5. The van der Waals surface area contributed by atoms with Crippen LogP contribution in [0.2, 0.25) is 0 Å². The summed E-state index contributed by atoms with van der Waals surface area (Å²) >= 11 is 0. The lowest BCUT2D eigenvalue weighted by Crippen LogP contribution is -2.47. The van der Waals surface area contributed by atoms with Crippen LogP contribution < -0.4 is 15.4 Å². The summed E-state index contributed by atoms with van der Waals surface area (Å²) < 4.78 is 10.5. The van der Waals surface area contributed by atoms with Gasteiger partial charge in [-0.05, 0) is 18.9 Å². The third-order valence-corrected chi connectivity index (χ3v) is 5.30. The molecular weight excluding hydrogens is 378 g/mol. The quantitative estimate of drug-likeness (QED) is 0.539. The predicted molar refractivity (Wildman–Crippen MR) is 102 cm³/mol. The Bertz CT molecular complexity index is 839. The van der Waals surface area contributed by atoms with Gasteiger partial charge in [-0.2, -0.15) is 0 Å². The predicted octanol–water partition coefficient (Wildman–Crippen LogP) is 0.920. The molecule has 2 atom stereocenters. The largest absolute Gasteiger partial charge is 0.493 e. The lowest BCUT2D eigenvalue weighted by Gasteiger charge is -2.33. The molecular formula is C20H25N3O6. The number of amides is 4. The number of rotatable bonds is 6. The summed E-state index contributed by atoms with van der Waals surface area (Å²) in [7, 11) is 0. The Kier molecular flexibility index (Phi) is 5.76. The maximum absolute atomic E-state index is 13.0. The van der Waals surface area contributed by atoms with E-state index >= 15 is 0 Å². The van der Waals surface area contributed by atoms with Crippen molar-refractivity contribution in [3.05, 3.63) is 29.8 Å². The number of fused-ring (bicyclic) bond motifs is 2. The maximum atomic E-state index is 13.0. The van der Waals surface area contributed by atoms with Crippen LogP contribution in [0, 0.1) is 5.92 Å². The number of urea groups is 1. The van der Waals surface area contributed by atoms with Gasteiger partial charge in [-0.15, -0.1) is 0 Å². The summed E-state index contributed by atoms with van der Waals surface area (Å²) in [5, 5.41) is 5.42. The van der Waals surface area contributed by atoms with Crippen LogP contribution in [0.3, 0.4) is 0 Å². The molecule has 1 aromatic carbocycles. The minimum atomic E-state index is -1.25. The first-order valence-corrected chi connectivity index (χ1v) is 9.56. The van der Waals surface area contributed by atoms with Gasteiger partial charge in [0.2, 0.25) is 0 Å². The van der Waals surface area contributed by atoms with E-state index in [9.17, 15) is 19.2 Å². The first-order valence-electron chi connectivity index (χ1n) is 9.56. The molecule has 3 rings (SSSR count). The van der Waals surface area contributed by atoms with Crippen molar-refractivity contribution in [1.82, 2.24) is 15.5 Å². The molecule has 1 spiro atoms. The van der Waals surface area contributed by atoms with Crippen molar-refractivity contribution >= 4 is 23.8 Å². The Morgan fingerprint density at radius 3 is 2.72 bits per heavy atom. The van der Waals surface area contributed by atoms with Gasteiger partial charge in [-0.1, -0.05) is 32.0 Å². The molecule has 0 unspecified atom stereocenters. The van der Waals surface area contributed by atoms with Crippen molar-refractivity contribution < 1.29 is 28.7 Å². The van der Waals surface area contributed by atoms with Crippen molar-refractivity contribution in [2.75, 3.05) is 19.8 Å². The molecule has 4 amide bonds. The van der Waals surface area contributed by atoms with Crippen LogP contribution in [-0.2, 0) is 24.7 Å². The molecule has 1 fully saturated rings. The Morgan fingerprint density at radius 1 is 1.28 bits per heavy atom. The van der Waals surface area contributed by atoms with Gasteiger partial charge in [0.25, 0.3) is 11.8 Å². The number of nitrogens with one attached hydrogen (secondary N) is 2. The van der Waals surface area contributed by atoms with Gasteiger partial charge in [0.1, 0.15) is 12.3 Å². The van der Waals surface area contributed by atoms with Crippen LogP contribution >= 0.6 is 0 Å². The zero-order valence-corrected chi connectivity index (χ0v) is 16.7. The van der Waals surface area contributed by atoms with E-state index in [4.69, 9.17) is 9.47 Å². The Balaban J connectivity index is 1.63. The molecule has 156 valence electrons. The molecule has 1 aromatic rings. The molecule has 29 heavy (non-hydrogen) atoms. The minimum absolute atomic E-state index is 0.0689. The summed E-state index contributed by atoms with van der Waals surface area (Å²) in [6.45, 7) is 4.99. The third kappa shape index (κ3) is 4.03. The molecule has 0 saturated carbocycles. The molecule has 0 aromatic heterocycles. The summed E-state index contributed by atoms with van der Waals surface area (Å²) in [4.78, 5) is 50.3. The number of nitrogens with zero attached hydrogens (tertiary/aromatic N) is 1. The first kappa shape index (κ1) is 20.6. The van der Waals surface area contributed by atoms with E-state index in [1.807, 2.05) is 20.8 Å². The summed E-state index contributed by atoms with van der Waals surface area (Å²) in [5.74, 6) is -1.05. The van der Waals surface area contributed by atoms with Gasteiger partial charge < -0.3 is 20.1 Å². The van der Waals surface area contributed by atoms with E-state index in [0.29, 0.717) is 11.3 Å². The second-order valence-electron chi connectivity index (χ2n) is 7.58. The van der Waals surface area contributed by atoms with Gasteiger partial charge in [0, 0.05) is 18.0 Å². The van der Waals surface area contributed by atoms with Crippen molar-refractivity contribution in [3.63, 3.8) is 0 Å². The Labute approximate surface area is 168 Å². The van der Waals surface area contributed by atoms with Crippen LogP contribution in [0.5, 0.6) is 5.75 Å². The van der Waals surface area contributed by atoms with Gasteiger partial charge in [-0.25, -0.2) is 4.79 Å². The molecule has 9 nitrogen and oxygen atoms in total. The molecule has 2 N–H and O–H groups in total. The van der Waals surface area contributed by atoms with Crippen molar-refractivity contribution in [3.8, 4) is 5.75 Å². The topological polar surface area (TPSA) is 114 Å². The molecule has 2 aliphatic heterocycles. The SMILES string of the molecule is CC(C)[C@@H](C)NC(=O)COC(=O)CN1C(=O)N[C@]2(CCOc3ccccc32)C1=O. The second-order valence-corrected chi connectivity index (χ2v) is 7.58. The minimum Gasteiger partial charge on any atom is -0.493 e. The van der Waals surface area contributed by atoms with E-state index < -0.39 is 42.5 Å². The molecule has 2 heterocycles. The van der Waals surface area contributed by atoms with Crippen LogP contribution in [0.1, 0.15) is 32.8 Å². The average molecular weight is 403 g/mol. The van der Waals surface area contributed by atoms with Crippen LogP contribution in [0.25, 0.3) is 0 Å². The fourth-order valence-electron chi connectivity index (χ4n) is 3.30. The number of para-hydroxylation sites is 1. The molecule has 0 radical (unpaired) electrons. The number of imide groups is 1. The van der Waals surface area contributed by atoms with Crippen LogP contribution in [0.15, 0.2) is 24.3 Å². The first-order chi connectivity index (χ1) is 13.7. The van der Waals surface area contributed by atoms with Crippen molar-refractivity contribution in [1.29, 1.82) is 0 Å². The number of benzene rings is 1. The number of carbonyl (C=O) groups excluding carboxylic acids is 4. The molecule has 1 saturated heterocycles. The zero-order chi connectivity index (χ0) is 21.2. The Morgan fingerprint density at radius 2 is 2.00 bits per heavy atom. The number of ether oxygens (including phenoxy) is 2. The molecule has 0 aliphatic carbocycles. The monoisotopic (exact) mass is 403 g/mol. The van der Waals surface area contributed by atoms with Crippen molar-refractivity contribution in [2.24, 2.45) is 5.92 Å². The fourth-order valence-corrected chi connectivity index (χ4v) is 3.30. The smallest absolute Gasteiger partial charge is 0.326 e. The number of esters is 1. The van der Waals surface area contributed by atoms with Crippen LogP contribution in [-0.4, -0.2) is 54.5 Å². The summed E-state index contributed by atoms with van der Waals surface area (Å²) in [6.07, 6.45) is 0.260. The third-order valence-electron chi connectivity index (χ3n) is 5.30. The molecule has 2 aliphatic rings. The molecule has 9 heteroatoms. The van der Waals surface area contributed by atoms with Crippen molar-refractivity contribution in [2.45, 2.75) is 38.8 Å². The number of hydrogen-bond donors (Lipinski definition) is 2. The maximum Gasteiger partial charge on any atom is 0.326 e. The Hall–Kier alpha value is -3.10. The van der Waals surface area contributed by atoms with Gasteiger partial charge in [-0.3, -0.25) is 19.3 Å². The van der Waals surface area contributed by atoms with E-state index in [0.717, 1.165) is 4.90 Å². The van der Waals surface area contributed by atoms with Crippen LogP contribution in [0.4, 0.5) is 4.79 Å². The highest BCUT2D eigenvalue weighted by molar-refractivity contribution is 6.09. The number of hydrogen-bond acceptors (Lipinski definition) is 6. The molecule has 0 bridgehead atoms. The summed E-state index contributed by atoms with van der Waals surface area (Å²) in [6, 6.07) is 6.22. The number of carbonyl (C=O) groups is 4. The summed E-state index contributed by atoms with van der Waals surface area (Å²) in [5.41, 5.74) is -0.696.